The zero-order valence-corrected chi connectivity index (χ0v) is 18.0. The molecule has 0 fully saturated rings. The van der Waals surface area contributed by atoms with Gasteiger partial charge in [-0.1, -0.05) is 22.0 Å². The second-order valence-corrected chi connectivity index (χ2v) is 8.33. The van der Waals surface area contributed by atoms with Crippen molar-refractivity contribution in [2.24, 2.45) is 5.10 Å². The van der Waals surface area contributed by atoms with Crippen molar-refractivity contribution in [3.8, 4) is 11.5 Å². The molecule has 0 bridgehead atoms. The van der Waals surface area contributed by atoms with Gasteiger partial charge >= 0.3 is 0 Å². The first-order valence-corrected chi connectivity index (χ1v) is 10.4. The SMILES string of the molecule is COc1cc2c(cc1OC)C1=C(S(=O)Nc3cccc(Br)c3)N(C)N=CN1C2. The number of halogens is 1. The summed E-state index contributed by atoms with van der Waals surface area (Å²) in [5.41, 5.74) is 3.61. The fourth-order valence-electron chi connectivity index (χ4n) is 3.29. The second kappa shape index (κ2) is 7.48. The smallest absolute Gasteiger partial charge is 0.171 e. The highest BCUT2D eigenvalue weighted by Gasteiger charge is 2.34. The zero-order valence-electron chi connectivity index (χ0n) is 15.6. The van der Waals surface area contributed by atoms with Crippen LogP contribution in [0.3, 0.4) is 0 Å². The molecular formula is C19H19BrN4O3S. The van der Waals surface area contributed by atoms with Crippen molar-refractivity contribution in [2.45, 2.75) is 6.54 Å². The van der Waals surface area contributed by atoms with E-state index in [1.165, 1.54) is 0 Å². The van der Waals surface area contributed by atoms with E-state index in [9.17, 15) is 4.21 Å². The van der Waals surface area contributed by atoms with Gasteiger partial charge in [-0.15, -0.1) is 0 Å². The average molecular weight is 463 g/mol. The molecule has 0 aromatic heterocycles. The standard InChI is InChI=1S/C19H19BrN4O3S/c1-23-19(28(25)22-14-6-4-5-13(20)8-14)18-15-9-17(27-3)16(26-2)7-12(15)10-24(18)11-21-23/h4-9,11,22H,10H2,1-3H3. The summed E-state index contributed by atoms with van der Waals surface area (Å²) in [6, 6.07) is 11.4. The number of ether oxygens (including phenoxy) is 2. The van der Waals surface area contributed by atoms with E-state index in [0.717, 1.165) is 27.0 Å². The van der Waals surface area contributed by atoms with E-state index in [0.29, 0.717) is 23.1 Å². The van der Waals surface area contributed by atoms with Gasteiger partial charge in [-0.3, -0.25) is 9.73 Å². The summed E-state index contributed by atoms with van der Waals surface area (Å²) in [5, 5.41) is 6.59. The van der Waals surface area contributed by atoms with Crippen LogP contribution in [0.2, 0.25) is 0 Å². The fourth-order valence-corrected chi connectivity index (χ4v) is 4.81. The summed E-state index contributed by atoms with van der Waals surface area (Å²) >= 11 is 3.44. The maximum absolute atomic E-state index is 13.2. The summed E-state index contributed by atoms with van der Waals surface area (Å²) in [4.78, 5) is 1.99. The molecule has 1 N–H and O–H groups in total. The lowest BCUT2D eigenvalue weighted by atomic mass is 10.1. The van der Waals surface area contributed by atoms with Crippen LogP contribution >= 0.6 is 15.9 Å². The number of rotatable bonds is 5. The van der Waals surface area contributed by atoms with Gasteiger partial charge in [-0.25, -0.2) is 4.21 Å². The lowest BCUT2D eigenvalue weighted by Gasteiger charge is -2.28. The molecule has 0 aliphatic carbocycles. The van der Waals surface area contributed by atoms with E-state index in [1.807, 2.05) is 41.3 Å². The molecule has 2 heterocycles. The van der Waals surface area contributed by atoms with Gasteiger partial charge in [0.25, 0.3) is 0 Å². The number of methoxy groups -OCH3 is 2. The van der Waals surface area contributed by atoms with Gasteiger partial charge in [0.1, 0.15) is 6.34 Å². The van der Waals surface area contributed by atoms with Crippen LogP contribution in [-0.4, -0.2) is 41.7 Å². The Kier molecular flexibility index (Phi) is 5.03. The Balaban J connectivity index is 1.79. The van der Waals surface area contributed by atoms with Crippen LogP contribution in [0.15, 0.2) is 51.0 Å². The topological polar surface area (TPSA) is 66.4 Å². The molecule has 1 unspecified atom stereocenters. The first-order chi connectivity index (χ1) is 13.5. The molecule has 4 rings (SSSR count). The molecule has 7 nitrogen and oxygen atoms in total. The predicted octanol–water partition coefficient (Wildman–Crippen LogP) is 3.57. The van der Waals surface area contributed by atoms with Crippen LogP contribution < -0.4 is 14.2 Å². The molecule has 28 heavy (non-hydrogen) atoms. The van der Waals surface area contributed by atoms with Crippen molar-refractivity contribution in [3.05, 3.63) is 57.0 Å². The quantitative estimate of drug-likeness (QED) is 0.735. The minimum absolute atomic E-state index is 0.577. The number of fused-ring (bicyclic) bond motifs is 3. The monoisotopic (exact) mass is 462 g/mol. The second-order valence-electron chi connectivity index (χ2n) is 6.28. The van der Waals surface area contributed by atoms with Crippen LogP contribution in [-0.2, 0) is 17.5 Å². The Labute approximate surface area is 174 Å². The number of nitrogens with zero attached hydrogens (tertiary/aromatic N) is 3. The average Bonchev–Trinajstić information content (AvgIpc) is 3.04. The first-order valence-electron chi connectivity index (χ1n) is 8.50. The van der Waals surface area contributed by atoms with Gasteiger partial charge in [-0.05, 0) is 35.9 Å². The fraction of sp³-hybridized carbons (Fsp3) is 0.211. The van der Waals surface area contributed by atoms with E-state index in [1.54, 1.807) is 32.6 Å². The van der Waals surface area contributed by atoms with Crippen LogP contribution in [0.25, 0.3) is 5.70 Å². The first kappa shape index (κ1) is 18.8. The summed E-state index contributed by atoms with van der Waals surface area (Å²) in [7, 11) is 3.48. The van der Waals surface area contributed by atoms with Crippen molar-refractivity contribution in [3.63, 3.8) is 0 Å². The van der Waals surface area contributed by atoms with Crippen molar-refractivity contribution in [1.82, 2.24) is 9.91 Å². The van der Waals surface area contributed by atoms with Crippen molar-refractivity contribution >= 4 is 44.6 Å². The highest BCUT2D eigenvalue weighted by molar-refractivity contribution is 9.10. The molecule has 0 saturated heterocycles. The molecule has 2 aliphatic heterocycles. The molecule has 146 valence electrons. The molecular weight excluding hydrogens is 444 g/mol. The Morgan fingerprint density at radius 2 is 1.93 bits per heavy atom. The highest BCUT2D eigenvalue weighted by Crippen LogP contribution is 2.43. The Bertz CT molecular complexity index is 1020. The molecule has 2 aromatic carbocycles. The summed E-state index contributed by atoms with van der Waals surface area (Å²) < 4.78 is 28.1. The number of anilines is 1. The highest BCUT2D eigenvalue weighted by atomic mass is 79.9. The molecule has 2 aliphatic rings. The molecule has 0 spiro atoms. The third kappa shape index (κ3) is 3.24. The summed E-state index contributed by atoms with van der Waals surface area (Å²) in [5.74, 6) is 1.30. The van der Waals surface area contributed by atoms with Gasteiger partial charge in [0, 0.05) is 29.3 Å². The van der Waals surface area contributed by atoms with Crippen LogP contribution in [0.4, 0.5) is 5.69 Å². The van der Waals surface area contributed by atoms with E-state index >= 15 is 0 Å². The molecule has 2 aromatic rings. The van der Waals surface area contributed by atoms with E-state index in [-0.39, 0.29) is 0 Å². The maximum atomic E-state index is 13.2. The number of benzene rings is 2. The Morgan fingerprint density at radius 1 is 1.18 bits per heavy atom. The van der Waals surface area contributed by atoms with Crippen LogP contribution in [0.1, 0.15) is 11.1 Å². The predicted molar refractivity (Wildman–Crippen MR) is 114 cm³/mol. The van der Waals surface area contributed by atoms with Gasteiger partial charge in [0.05, 0.1) is 19.9 Å². The minimum atomic E-state index is -1.52. The summed E-state index contributed by atoms with van der Waals surface area (Å²) in [6.45, 7) is 0.625. The number of hydrogen-bond acceptors (Lipinski definition) is 6. The van der Waals surface area contributed by atoms with E-state index in [2.05, 4.69) is 25.8 Å². The van der Waals surface area contributed by atoms with Gasteiger partial charge < -0.3 is 14.4 Å². The molecule has 0 radical (unpaired) electrons. The Morgan fingerprint density at radius 3 is 2.64 bits per heavy atom. The molecule has 0 amide bonds. The lowest BCUT2D eigenvalue weighted by Crippen LogP contribution is -2.30. The normalized spacial score (nSPS) is 16.0. The lowest BCUT2D eigenvalue weighted by molar-refractivity contribution is 0.354. The third-order valence-electron chi connectivity index (χ3n) is 4.56. The van der Waals surface area contributed by atoms with E-state index in [4.69, 9.17) is 9.47 Å². The van der Waals surface area contributed by atoms with Crippen molar-refractivity contribution < 1.29 is 13.7 Å². The largest absolute Gasteiger partial charge is 0.493 e. The molecule has 0 saturated carbocycles. The Hall–Kier alpha value is -2.52. The third-order valence-corrected chi connectivity index (χ3v) is 6.29. The van der Waals surface area contributed by atoms with Crippen LogP contribution in [0, 0.1) is 0 Å². The summed E-state index contributed by atoms with van der Waals surface area (Å²) in [6.07, 6.45) is 1.74. The molecule has 9 heteroatoms. The van der Waals surface area contributed by atoms with Gasteiger partial charge in [0.15, 0.2) is 27.5 Å². The van der Waals surface area contributed by atoms with Crippen LogP contribution in [0.5, 0.6) is 11.5 Å². The van der Waals surface area contributed by atoms with Crippen molar-refractivity contribution in [2.75, 3.05) is 26.0 Å². The number of nitrogens with one attached hydrogen (secondary N) is 1. The van der Waals surface area contributed by atoms with Gasteiger partial charge in [-0.2, -0.15) is 5.10 Å². The zero-order chi connectivity index (χ0) is 19.8. The molecule has 1 atom stereocenters. The minimum Gasteiger partial charge on any atom is -0.493 e. The van der Waals surface area contributed by atoms with Crippen molar-refractivity contribution in [1.29, 1.82) is 0 Å². The number of hydrazone groups is 1. The van der Waals surface area contributed by atoms with E-state index < -0.39 is 11.0 Å². The number of hydrogen-bond donors (Lipinski definition) is 1. The van der Waals surface area contributed by atoms with Gasteiger partial charge in [0.2, 0.25) is 0 Å². The maximum Gasteiger partial charge on any atom is 0.171 e.